The summed E-state index contributed by atoms with van der Waals surface area (Å²) >= 11 is 0. The van der Waals surface area contributed by atoms with E-state index in [9.17, 15) is 4.39 Å². The molecule has 0 radical (unpaired) electrons. The van der Waals surface area contributed by atoms with Crippen molar-refractivity contribution in [1.82, 2.24) is 19.7 Å². The zero-order chi connectivity index (χ0) is 20.5. The van der Waals surface area contributed by atoms with Gasteiger partial charge in [0.25, 0.3) is 0 Å². The Bertz CT molecular complexity index is 1190. The summed E-state index contributed by atoms with van der Waals surface area (Å²) in [5.74, 6) is 0.679. The fourth-order valence-electron chi connectivity index (χ4n) is 3.67. The highest BCUT2D eigenvalue weighted by Crippen LogP contribution is 2.33. The SMILES string of the molecule is Nc1c2c(-c3cccc(F)c3)nc(N3CCOCC3)nc2nn1Cc1ccccc1. The number of nitrogens with two attached hydrogens (primary N) is 1. The Morgan fingerprint density at radius 2 is 1.80 bits per heavy atom. The molecule has 0 atom stereocenters. The molecular weight excluding hydrogens is 383 g/mol. The fourth-order valence-corrected chi connectivity index (χ4v) is 3.67. The summed E-state index contributed by atoms with van der Waals surface area (Å²) in [7, 11) is 0. The molecule has 0 aliphatic carbocycles. The Hall–Kier alpha value is -3.52. The second-order valence-electron chi connectivity index (χ2n) is 7.21. The van der Waals surface area contributed by atoms with E-state index in [-0.39, 0.29) is 5.82 Å². The molecule has 1 aliphatic heterocycles. The molecule has 7 nitrogen and oxygen atoms in total. The van der Waals surface area contributed by atoms with Gasteiger partial charge in [-0.2, -0.15) is 4.98 Å². The standard InChI is InChI=1S/C22H21FN6O/c23-17-8-4-7-16(13-17)19-18-20(24)29(14-15-5-2-1-3-6-15)27-21(18)26-22(25-19)28-9-11-30-12-10-28/h1-8,13H,9-12,14,24H2. The van der Waals surface area contributed by atoms with E-state index in [4.69, 9.17) is 15.5 Å². The topological polar surface area (TPSA) is 82.1 Å². The zero-order valence-electron chi connectivity index (χ0n) is 16.3. The van der Waals surface area contributed by atoms with E-state index in [0.717, 1.165) is 5.56 Å². The smallest absolute Gasteiger partial charge is 0.228 e. The molecule has 3 heterocycles. The Morgan fingerprint density at radius 1 is 1.00 bits per heavy atom. The van der Waals surface area contributed by atoms with Gasteiger partial charge in [0.05, 0.1) is 30.8 Å². The maximum absolute atomic E-state index is 14.0. The minimum Gasteiger partial charge on any atom is -0.383 e. The maximum Gasteiger partial charge on any atom is 0.228 e. The van der Waals surface area contributed by atoms with Crippen molar-refractivity contribution in [2.24, 2.45) is 0 Å². The number of morpholine rings is 1. The van der Waals surface area contributed by atoms with Crippen molar-refractivity contribution in [2.75, 3.05) is 36.9 Å². The number of fused-ring (bicyclic) bond motifs is 1. The molecule has 152 valence electrons. The minimum atomic E-state index is -0.331. The molecule has 1 saturated heterocycles. The van der Waals surface area contributed by atoms with Gasteiger partial charge in [-0.1, -0.05) is 42.5 Å². The highest BCUT2D eigenvalue weighted by Gasteiger charge is 2.22. The predicted molar refractivity (Wildman–Crippen MR) is 114 cm³/mol. The van der Waals surface area contributed by atoms with E-state index in [0.29, 0.717) is 66.9 Å². The van der Waals surface area contributed by atoms with Crippen LogP contribution in [0.15, 0.2) is 54.6 Å². The monoisotopic (exact) mass is 404 g/mol. The van der Waals surface area contributed by atoms with Crippen molar-refractivity contribution in [1.29, 1.82) is 0 Å². The van der Waals surface area contributed by atoms with Crippen molar-refractivity contribution in [3.8, 4) is 11.3 Å². The zero-order valence-corrected chi connectivity index (χ0v) is 16.3. The minimum absolute atomic E-state index is 0.331. The van der Waals surface area contributed by atoms with Crippen LogP contribution in [0.3, 0.4) is 0 Å². The second kappa shape index (κ2) is 7.72. The van der Waals surface area contributed by atoms with Crippen LogP contribution in [0, 0.1) is 5.82 Å². The quantitative estimate of drug-likeness (QED) is 0.563. The number of hydrogen-bond donors (Lipinski definition) is 1. The van der Waals surface area contributed by atoms with Crippen LogP contribution >= 0.6 is 0 Å². The predicted octanol–water partition coefficient (Wildman–Crippen LogP) is 3.10. The summed E-state index contributed by atoms with van der Waals surface area (Å²) in [6.45, 7) is 3.11. The summed E-state index contributed by atoms with van der Waals surface area (Å²) in [6, 6.07) is 16.3. The van der Waals surface area contributed by atoms with Crippen LogP contribution in [0.4, 0.5) is 16.2 Å². The molecule has 8 heteroatoms. The van der Waals surface area contributed by atoms with Gasteiger partial charge in [-0.25, -0.2) is 14.1 Å². The third-order valence-corrected chi connectivity index (χ3v) is 5.19. The molecule has 0 unspecified atom stereocenters. The first-order valence-electron chi connectivity index (χ1n) is 9.85. The lowest BCUT2D eigenvalue weighted by molar-refractivity contribution is 0.122. The van der Waals surface area contributed by atoms with Gasteiger partial charge in [0, 0.05) is 18.7 Å². The highest BCUT2D eigenvalue weighted by atomic mass is 19.1. The summed E-state index contributed by atoms with van der Waals surface area (Å²) in [4.78, 5) is 11.5. The van der Waals surface area contributed by atoms with E-state index in [2.05, 4.69) is 15.0 Å². The van der Waals surface area contributed by atoms with Crippen molar-refractivity contribution in [3.05, 3.63) is 66.0 Å². The molecule has 1 aliphatic rings. The molecule has 0 amide bonds. The molecule has 0 spiro atoms. The largest absolute Gasteiger partial charge is 0.383 e. The summed E-state index contributed by atoms with van der Waals surface area (Å²) in [6.07, 6.45) is 0. The number of nitrogen functional groups attached to an aromatic ring is 1. The van der Waals surface area contributed by atoms with Crippen LogP contribution in [-0.4, -0.2) is 46.1 Å². The first-order chi connectivity index (χ1) is 14.7. The molecule has 4 aromatic rings. The second-order valence-corrected chi connectivity index (χ2v) is 7.21. The number of benzene rings is 2. The number of aromatic nitrogens is 4. The molecule has 0 bridgehead atoms. The molecule has 30 heavy (non-hydrogen) atoms. The molecule has 2 N–H and O–H groups in total. The fraction of sp³-hybridized carbons (Fsp3) is 0.227. The molecule has 2 aromatic heterocycles. The van der Waals surface area contributed by atoms with Gasteiger partial charge in [-0.3, -0.25) is 0 Å². The lowest BCUT2D eigenvalue weighted by atomic mass is 10.1. The summed E-state index contributed by atoms with van der Waals surface area (Å²) in [5.41, 5.74) is 9.28. The van der Waals surface area contributed by atoms with Gasteiger partial charge in [0.1, 0.15) is 11.6 Å². The Balaban J connectivity index is 1.67. The van der Waals surface area contributed by atoms with Gasteiger partial charge in [0.2, 0.25) is 5.95 Å². The maximum atomic E-state index is 14.0. The molecule has 0 saturated carbocycles. The molecule has 1 fully saturated rings. The lowest BCUT2D eigenvalue weighted by Crippen LogP contribution is -2.37. The van der Waals surface area contributed by atoms with Crippen molar-refractivity contribution in [3.63, 3.8) is 0 Å². The van der Waals surface area contributed by atoms with E-state index >= 15 is 0 Å². The lowest BCUT2D eigenvalue weighted by Gasteiger charge is -2.27. The number of anilines is 2. The molecular formula is C22H21FN6O. The Labute approximate surface area is 172 Å². The van der Waals surface area contributed by atoms with Crippen molar-refractivity contribution >= 4 is 22.8 Å². The number of nitrogens with zero attached hydrogens (tertiary/aromatic N) is 5. The van der Waals surface area contributed by atoms with Gasteiger partial charge in [-0.15, -0.1) is 5.10 Å². The van der Waals surface area contributed by atoms with E-state index in [1.54, 1.807) is 10.7 Å². The van der Waals surface area contributed by atoms with Crippen LogP contribution in [0.5, 0.6) is 0 Å². The third-order valence-electron chi connectivity index (χ3n) is 5.19. The van der Waals surface area contributed by atoms with Gasteiger partial charge >= 0.3 is 0 Å². The highest BCUT2D eigenvalue weighted by molar-refractivity contribution is 5.99. The van der Waals surface area contributed by atoms with Crippen molar-refractivity contribution < 1.29 is 9.13 Å². The summed E-state index contributed by atoms with van der Waals surface area (Å²) in [5, 5.41) is 5.29. The summed E-state index contributed by atoms with van der Waals surface area (Å²) < 4.78 is 21.1. The third kappa shape index (κ3) is 3.46. The average molecular weight is 404 g/mol. The molecule has 5 rings (SSSR count). The van der Waals surface area contributed by atoms with Gasteiger partial charge in [0.15, 0.2) is 5.65 Å². The average Bonchev–Trinajstić information content (AvgIpc) is 3.09. The van der Waals surface area contributed by atoms with E-state index < -0.39 is 0 Å². The number of ether oxygens (including phenoxy) is 1. The van der Waals surface area contributed by atoms with Crippen LogP contribution in [0.1, 0.15) is 5.56 Å². The molecule has 2 aromatic carbocycles. The van der Waals surface area contributed by atoms with Crippen LogP contribution in [0.25, 0.3) is 22.3 Å². The van der Waals surface area contributed by atoms with Crippen LogP contribution < -0.4 is 10.6 Å². The Morgan fingerprint density at radius 3 is 2.57 bits per heavy atom. The van der Waals surface area contributed by atoms with Gasteiger partial charge in [-0.05, 0) is 17.7 Å². The number of halogens is 1. The van der Waals surface area contributed by atoms with Gasteiger partial charge < -0.3 is 15.4 Å². The van der Waals surface area contributed by atoms with Crippen molar-refractivity contribution in [2.45, 2.75) is 6.54 Å². The van der Waals surface area contributed by atoms with Crippen LogP contribution in [-0.2, 0) is 11.3 Å². The van der Waals surface area contributed by atoms with Crippen LogP contribution in [0.2, 0.25) is 0 Å². The van der Waals surface area contributed by atoms with E-state index in [1.807, 2.05) is 36.4 Å². The Kier molecular flexibility index (Phi) is 4.76. The number of rotatable bonds is 4. The first-order valence-corrected chi connectivity index (χ1v) is 9.85. The normalized spacial score (nSPS) is 14.4. The van der Waals surface area contributed by atoms with E-state index in [1.165, 1.54) is 12.1 Å². The first kappa shape index (κ1) is 18.5. The number of hydrogen-bond acceptors (Lipinski definition) is 6.